The Morgan fingerprint density at radius 1 is 1.03 bits per heavy atom. The van der Waals surface area contributed by atoms with E-state index in [4.69, 9.17) is 16.3 Å². The minimum Gasteiger partial charge on any atom is -0.505 e. The summed E-state index contributed by atoms with van der Waals surface area (Å²) in [5.41, 5.74) is 4.66. The molecule has 1 heterocycles. The number of aromatic nitrogens is 1. The van der Waals surface area contributed by atoms with Gasteiger partial charge in [-0.3, -0.25) is 4.98 Å². The van der Waals surface area contributed by atoms with E-state index in [9.17, 15) is 20.1 Å². The first-order chi connectivity index (χ1) is 17.0. The summed E-state index contributed by atoms with van der Waals surface area (Å²) in [4.78, 5) is 16.5. The predicted molar refractivity (Wildman–Crippen MR) is 132 cm³/mol. The molecule has 1 aliphatic carbocycles. The number of aromatic hydroxyl groups is 1. The van der Waals surface area contributed by atoms with Crippen LogP contribution < -0.4 is 5.32 Å². The van der Waals surface area contributed by atoms with Gasteiger partial charge in [0.2, 0.25) is 0 Å². The minimum absolute atomic E-state index is 0.0167. The van der Waals surface area contributed by atoms with Gasteiger partial charge in [0.25, 0.3) is 0 Å². The number of phenolic OH excluding ortho intramolecular Hbond substituents is 1. The topological polar surface area (TPSA) is 112 Å². The van der Waals surface area contributed by atoms with E-state index in [1.165, 1.54) is 12.3 Å². The molecule has 0 fully saturated rings. The number of nitrogens with zero attached hydrogens (tertiary/aromatic N) is 1. The van der Waals surface area contributed by atoms with Crippen LogP contribution in [0.3, 0.4) is 0 Å². The van der Waals surface area contributed by atoms with Crippen LogP contribution in [-0.2, 0) is 4.74 Å². The summed E-state index contributed by atoms with van der Waals surface area (Å²) in [6.45, 7) is -0.166. The summed E-state index contributed by atoms with van der Waals surface area (Å²) in [5, 5.41) is 34.9. The Bertz CT molecular complexity index is 1360. The van der Waals surface area contributed by atoms with Crippen LogP contribution in [0, 0.1) is 0 Å². The van der Waals surface area contributed by atoms with E-state index in [2.05, 4.69) is 22.4 Å². The highest BCUT2D eigenvalue weighted by Crippen LogP contribution is 2.44. The van der Waals surface area contributed by atoms with Crippen molar-refractivity contribution in [3.63, 3.8) is 0 Å². The third kappa shape index (κ3) is 4.30. The number of aliphatic hydroxyl groups is 2. The van der Waals surface area contributed by atoms with Crippen molar-refractivity contribution in [1.29, 1.82) is 0 Å². The number of hydrogen-bond acceptors (Lipinski definition) is 6. The lowest BCUT2D eigenvalue weighted by atomic mass is 9.98. The molecule has 0 aliphatic heterocycles. The van der Waals surface area contributed by atoms with Crippen LogP contribution in [0.5, 0.6) is 5.75 Å². The van der Waals surface area contributed by atoms with Gasteiger partial charge in [0, 0.05) is 29.6 Å². The molecule has 1 aliphatic rings. The number of fused-ring (bicyclic) bond motifs is 4. The molecule has 8 heteroatoms. The predicted octanol–water partition coefficient (Wildman–Crippen LogP) is 4.53. The number of phenols is 1. The van der Waals surface area contributed by atoms with Crippen molar-refractivity contribution in [3.05, 3.63) is 94.6 Å². The van der Waals surface area contributed by atoms with Crippen LogP contribution >= 0.6 is 11.6 Å². The first-order valence-corrected chi connectivity index (χ1v) is 11.5. The zero-order chi connectivity index (χ0) is 24.5. The molecular weight excluding hydrogens is 468 g/mol. The molecule has 35 heavy (non-hydrogen) atoms. The summed E-state index contributed by atoms with van der Waals surface area (Å²) in [7, 11) is 0. The van der Waals surface area contributed by atoms with Crippen molar-refractivity contribution in [3.8, 4) is 16.9 Å². The number of rotatable bonds is 6. The number of ether oxygens (including phenoxy) is 1. The van der Waals surface area contributed by atoms with Crippen LogP contribution in [0.4, 0.5) is 4.79 Å². The third-order valence-electron chi connectivity index (χ3n) is 6.33. The summed E-state index contributed by atoms with van der Waals surface area (Å²) in [6.07, 6.45) is -2.16. The SMILES string of the molecule is O=C(NCC(O)C(O)c1cc(Cl)c2cccnc2c1O)OCC1c2ccccc2-c2ccccc21. The quantitative estimate of drug-likeness (QED) is 0.316. The first kappa shape index (κ1) is 23.1. The lowest BCUT2D eigenvalue weighted by molar-refractivity contribution is 0.0174. The fourth-order valence-electron chi connectivity index (χ4n) is 4.59. The molecule has 7 nitrogen and oxygen atoms in total. The number of hydrogen-bond donors (Lipinski definition) is 4. The molecule has 4 aromatic rings. The molecule has 1 amide bonds. The Kier molecular flexibility index (Phi) is 6.30. The normalized spacial score (nSPS) is 14.3. The Hall–Kier alpha value is -3.65. The van der Waals surface area contributed by atoms with Crippen LogP contribution in [0.15, 0.2) is 72.9 Å². The number of alkyl carbamates (subject to hydrolysis) is 1. The zero-order valence-electron chi connectivity index (χ0n) is 18.6. The van der Waals surface area contributed by atoms with Crippen LogP contribution in [0.25, 0.3) is 22.0 Å². The smallest absolute Gasteiger partial charge is 0.407 e. The Morgan fingerprint density at radius 2 is 1.69 bits per heavy atom. The van der Waals surface area contributed by atoms with Gasteiger partial charge < -0.3 is 25.4 Å². The van der Waals surface area contributed by atoms with E-state index in [1.54, 1.807) is 12.1 Å². The van der Waals surface area contributed by atoms with Crippen molar-refractivity contribution in [1.82, 2.24) is 10.3 Å². The van der Waals surface area contributed by atoms with Crippen LogP contribution in [-0.4, -0.2) is 45.7 Å². The summed E-state index contributed by atoms with van der Waals surface area (Å²) >= 11 is 6.25. The highest BCUT2D eigenvalue weighted by atomic mass is 35.5. The van der Waals surface area contributed by atoms with E-state index in [0.717, 1.165) is 22.3 Å². The average Bonchev–Trinajstić information content (AvgIpc) is 3.21. The highest BCUT2D eigenvalue weighted by Gasteiger charge is 2.29. The molecule has 0 saturated carbocycles. The minimum atomic E-state index is -1.51. The monoisotopic (exact) mass is 490 g/mol. The third-order valence-corrected chi connectivity index (χ3v) is 6.64. The number of carbonyl (C=O) groups excluding carboxylic acids is 1. The van der Waals surface area contributed by atoms with Gasteiger partial charge in [-0.05, 0) is 40.5 Å². The maximum atomic E-state index is 12.4. The molecule has 5 rings (SSSR count). The molecule has 2 unspecified atom stereocenters. The number of pyridine rings is 1. The fourth-order valence-corrected chi connectivity index (χ4v) is 4.86. The van der Waals surface area contributed by atoms with E-state index in [1.807, 2.05) is 36.4 Å². The van der Waals surface area contributed by atoms with Gasteiger partial charge in [0.1, 0.15) is 30.1 Å². The van der Waals surface area contributed by atoms with E-state index in [-0.39, 0.29) is 40.9 Å². The maximum absolute atomic E-state index is 12.4. The van der Waals surface area contributed by atoms with Gasteiger partial charge in [-0.1, -0.05) is 60.1 Å². The number of carbonyl (C=O) groups is 1. The average molecular weight is 491 g/mol. The lowest BCUT2D eigenvalue weighted by Crippen LogP contribution is -2.36. The molecule has 2 atom stereocenters. The molecule has 0 spiro atoms. The van der Waals surface area contributed by atoms with Crippen molar-refractivity contribution in [2.75, 3.05) is 13.2 Å². The van der Waals surface area contributed by atoms with Crippen molar-refractivity contribution < 1.29 is 24.9 Å². The number of nitrogens with one attached hydrogen (secondary N) is 1. The standard InChI is InChI=1S/C27H23ClN2O5/c28-22-12-20(26(33)24-19(22)10-5-11-29-24)25(32)23(31)13-30-27(34)35-14-21-17-8-3-1-6-15(17)16-7-2-4-9-18(16)21/h1-12,21,23,25,31-33H,13-14H2,(H,30,34). The number of aliphatic hydroxyl groups excluding tert-OH is 2. The number of amides is 1. The lowest BCUT2D eigenvalue weighted by Gasteiger charge is -2.21. The Labute approximate surface area is 206 Å². The van der Waals surface area contributed by atoms with E-state index in [0.29, 0.717) is 5.39 Å². The van der Waals surface area contributed by atoms with Gasteiger partial charge in [-0.15, -0.1) is 0 Å². The molecule has 178 valence electrons. The Morgan fingerprint density at radius 3 is 2.37 bits per heavy atom. The van der Waals surface area contributed by atoms with Crippen LogP contribution in [0.1, 0.15) is 28.7 Å². The molecule has 0 saturated heterocycles. The largest absolute Gasteiger partial charge is 0.505 e. The van der Waals surface area contributed by atoms with Crippen LogP contribution in [0.2, 0.25) is 5.02 Å². The molecule has 0 radical (unpaired) electrons. The van der Waals surface area contributed by atoms with E-state index >= 15 is 0 Å². The van der Waals surface area contributed by atoms with Gasteiger partial charge >= 0.3 is 6.09 Å². The number of benzene rings is 3. The molecule has 0 bridgehead atoms. The first-order valence-electron chi connectivity index (χ1n) is 11.2. The molecule has 1 aromatic heterocycles. The maximum Gasteiger partial charge on any atom is 0.407 e. The summed E-state index contributed by atoms with van der Waals surface area (Å²) < 4.78 is 5.45. The van der Waals surface area contributed by atoms with Gasteiger partial charge in [0.05, 0.1) is 5.02 Å². The Balaban J connectivity index is 1.22. The highest BCUT2D eigenvalue weighted by molar-refractivity contribution is 6.35. The summed E-state index contributed by atoms with van der Waals surface area (Å²) in [6, 6.07) is 20.8. The number of halogens is 1. The zero-order valence-corrected chi connectivity index (χ0v) is 19.3. The second-order valence-electron chi connectivity index (χ2n) is 8.41. The molecular formula is C27H23ClN2O5. The van der Waals surface area contributed by atoms with Gasteiger partial charge in [-0.2, -0.15) is 0 Å². The van der Waals surface area contributed by atoms with Gasteiger partial charge in [0.15, 0.2) is 0 Å². The van der Waals surface area contributed by atoms with Crippen molar-refractivity contribution >= 4 is 28.6 Å². The van der Waals surface area contributed by atoms with Crippen molar-refractivity contribution in [2.24, 2.45) is 0 Å². The van der Waals surface area contributed by atoms with Crippen molar-refractivity contribution in [2.45, 2.75) is 18.1 Å². The molecule has 3 aromatic carbocycles. The van der Waals surface area contributed by atoms with Gasteiger partial charge in [-0.25, -0.2) is 4.79 Å². The molecule has 4 N–H and O–H groups in total. The second kappa shape index (κ2) is 9.54. The summed E-state index contributed by atoms with van der Waals surface area (Å²) in [5.74, 6) is -0.370. The van der Waals surface area contributed by atoms with E-state index < -0.39 is 18.3 Å². The fraction of sp³-hybridized carbons (Fsp3) is 0.185. The second-order valence-corrected chi connectivity index (χ2v) is 8.82.